The van der Waals surface area contributed by atoms with Gasteiger partial charge in [0, 0.05) is 38.4 Å². The summed E-state index contributed by atoms with van der Waals surface area (Å²) < 4.78 is 10.7. The van der Waals surface area contributed by atoms with Gasteiger partial charge in [-0.1, -0.05) is 19.9 Å². The predicted molar refractivity (Wildman–Crippen MR) is 84.7 cm³/mol. The summed E-state index contributed by atoms with van der Waals surface area (Å²) in [5.41, 5.74) is 3.74. The van der Waals surface area contributed by atoms with Gasteiger partial charge in [0.15, 0.2) is 0 Å². The summed E-state index contributed by atoms with van der Waals surface area (Å²) in [6.07, 6.45) is 1.11. The minimum absolute atomic E-state index is 0.460. The molecule has 0 amide bonds. The fourth-order valence-corrected chi connectivity index (χ4v) is 2.71. The summed E-state index contributed by atoms with van der Waals surface area (Å²) in [4.78, 5) is 7.20. The highest BCUT2D eigenvalue weighted by Crippen LogP contribution is 2.29. The normalized spacial score (nSPS) is 18.9. The highest BCUT2D eigenvalue weighted by molar-refractivity contribution is 5.28. The van der Waals surface area contributed by atoms with E-state index in [1.165, 1.54) is 17.0 Å². The lowest BCUT2D eigenvalue weighted by molar-refractivity contribution is 0.157. The highest BCUT2D eigenvalue weighted by Gasteiger charge is 2.22. The Labute approximate surface area is 128 Å². The molecule has 0 saturated carbocycles. The van der Waals surface area contributed by atoms with Gasteiger partial charge in [0.2, 0.25) is 0 Å². The molecule has 4 heteroatoms. The Balaban J connectivity index is 2.18. The lowest BCUT2D eigenvalue weighted by Crippen LogP contribution is -2.24. The molecule has 0 N–H and O–H groups in total. The molecular formula is C17H28N2O2. The molecule has 0 spiro atoms. The van der Waals surface area contributed by atoms with Gasteiger partial charge in [-0.2, -0.15) is 0 Å². The maximum atomic E-state index is 5.55. The van der Waals surface area contributed by atoms with E-state index in [1.54, 1.807) is 7.11 Å². The van der Waals surface area contributed by atoms with Crippen molar-refractivity contribution < 1.29 is 9.47 Å². The molecule has 0 bridgehead atoms. The summed E-state index contributed by atoms with van der Waals surface area (Å²) in [5.74, 6) is 0.964. The molecule has 1 atom stereocenters. The fourth-order valence-electron chi connectivity index (χ4n) is 2.71. The van der Waals surface area contributed by atoms with Crippen molar-refractivity contribution in [1.82, 2.24) is 9.88 Å². The molecule has 0 aliphatic carbocycles. The third-order valence-electron chi connectivity index (χ3n) is 4.09. The average molecular weight is 292 g/mol. The number of aromatic nitrogens is 1. The summed E-state index contributed by atoms with van der Waals surface area (Å²) in [6.45, 7) is 8.63. The number of likely N-dealkylation sites (N-methyl/N-ethyl adjacent to an activating group) is 1. The standard InChI is InChI=1S/C17H28N2O2/c1-13(2)16-6-5-15(14-7-9-21-12-14)17(18-16)11-19(3)8-10-20-4/h5-6,13-14H,7-12H2,1-4H3/t14-/m0/s1. The Hall–Kier alpha value is -0.970. The second kappa shape index (κ2) is 7.87. The van der Waals surface area contributed by atoms with Crippen LogP contribution in [-0.2, 0) is 16.0 Å². The van der Waals surface area contributed by atoms with E-state index in [-0.39, 0.29) is 0 Å². The molecule has 1 aromatic rings. The molecule has 1 aliphatic heterocycles. The van der Waals surface area contributed by atoms with Crippen LogP contribution in [0.5, 0.6) is 0 Å². The molecule has 118 valence electrons. The Morgan fingerprint density at radius 1 is 1.43 bits per heavy atom. The van der Waals surface area contributed by atoms with E-state index in [4.69, 9.17) is 14.5 Å². The number of hydrogen-bond donors (Lipinski definition) is 0. The van der Waals surface area contributed by atoms with Crippen LogP contribution in [0.3, 0.4) is 0 Å². The molecule has 1 aromatic heterocycles. The number of hydrogen-bond acceptors (Lipinski definition) is 4. The van der Waals surface area contributed by atoms with Crippen molar-refractivity contribution in [3.05, 3.63) is 29.1 Å². The number of methoxy groups -OCH3 is 1. The van der Waals surface area contributed by atoms with E-state index < -0.39 is 0 Å². The van der Waals surface area contributed by atoms with Crippen molar-refractivity contribution in [3.63, 3.8) is 0 Å². The number of ether oxygens (including phenoxy) is 2. The average Bonchev–Trinajstić information content (AvgIpc) is 2.99. The molecule has 2 rings (SSSR count). The van der Waals surface area contributed by atoms with Crippen molar-refractivity contribution in [2.24, 2.45) is 0 Å². The van der Waals surface area contributed by atoms with Crippen molar-refractivity contribution in [1.29, 1.82) is 0 Å². The number of rotatable bonds is 7. The van der Waals surface area contributed by atoms with Gasteiger partial charge in [0.05, 0.1) is 18.9 Å². The first-order valence-corrected chi connectivity index (χ1v) is 7.86. The molecule has 21 heavy (non-hydrogen) atoms. The van der Waals surface area contributed by atoms with Crippen LogP contribution >= 0.6 is 0 Å². The molecule has 0 aromatic carbocycles. The second-order valence-electron chi connectivity index (χ2n) is 6.22. The fraction of sp³-hybridized carbons (Fsp3) is 0.706. The van der Waals surface area contributed by atoms with Crippen LogP contribution in [0.4, 0.5) is 0 Å². The van der Waals surface area contributed by atoms with Crippen molar-refractivity contribution in [2.45, 2.75) is 38.6 Å². The van der Waals surface area contributed by atoms with Crippen LogP contribution in [0, 0.1) is 0 Å². The molecule has 2 heterocycles. The SMILES string of the molecule is COCCN(C)Cc1nc(C(C)C)ccc1[C@H]1CCOC1. The van der Waals surface area contributed by atoms with Crippen molar-refractivity contribution >= 4 is 0 Å². The van der Waals surface area contributed by atoms with E-state index in [1.807, 2.05) is 0 Å². The lowest BCUT2D eigenvalue weighted by Gasteiger charge is -2.21. The van der Waals surface area contributed by atoms with Crippen LogP contribution in [0.2, 0.25) is 0 Å². The smallest absolute Gasteiger partial charge is 0.0589 e. The minimum Gasteiger partial charge on any atom is -0.383 e. The third kappa shape index (κ3) is 4.50. The van der Waals surface area contributed by atoms with Gasteiger partial charge in [-0.25, -0.2) is 0 Å². The van der Waals surface area contributed by atoms with Crippen molar-refractivity contribution in [2.75, 3.05) is 40.5 Å². The topological polar surface area (TPSA) is 34.6 Å². The van der Waals surface area contributed by atoms with Crippen molar-refractivity contribution in [3.8, 4) is 0 Å². The summed E-state index contributed by atoms with van der Waals surface area (Å²) in [6, 6.07) is 4.44. The molecular weight excluding hydrogens is 264 g/mol. The summed E-state index contributed by atoms with van der Waals surface area (Å²) in [7, 11) is 3.87. The van der Waals surface area contributed by atoms with Crippen LogP contribution in [-0.4, -0.2) is 50.4 Å². The maximum absolute atomic E-state index is 5.55. The Morgan fingerprint density at radius 2 is 2.24 bits per heavy atom. The Kier molecular flexibility index (Phi) is 6.15. The van der Waals surface area contributed by atoms with Gasteiger partial charge in [-0.15, -0.1) is 0 Å². The zero-order valence-electron chi connectivity index (χ0n) is 13.8. The van der Waals surface area contributed by atoms with Crippen LogP contribution in [0.1, 0.15) is 49.1 Å². The first-order chi connectivity index (χ1) is 10.1. The second-order valence-corrected chi connectivity index (χ2v) is 6.22. The largest absolute Gasteiger partial charge is 0.383 e. The van der Waals surface area contributed by atoms with Gasteiger partial charge in [0.1, 0.15) is 0 Å². The first-order valence-electron chi connectivity index (χ1n) is 7.86. The van der Waals surface area contributed by atoms with E-state index in [2.05, 4.69) is 37.9 Å². The summed E-state index contributed by atoms with van der Waals surface area (Å²) in [5, 5.41) is 0. The van der Waals surface area contributed by atoms with Crippen LogP contribution < -0.4 is 0 Å². The van der Waals surface area contributed by atoms with Gasteiger partial charge in [-0.05, 0) is 31.0 Å². The highest BCUT2D eigenvalue weighted by atomic mass is 16.5. The zero-order valence-corrected chi connectivity index (χ0v) is 13.8. The molecule has 0 radical (unpaired) electrons. The van der Waals surface area contributed by atoms with E-state index in [9.17, 15) is 0 Å². The molecule has 4 nitrogen and oxygen atoms in total. The quantitative estimate of drug-likeness (QED) is 0.774. The van der Waals surface area contributed by atoms with Crippen LogP contribution in [0.15, 0.2) is 12.1 Å². The number of pyridine rings is 1. The van der Waals surface area contributed by atoms with Crippen LogP contribution in [0.25, 0.3) is 0 Å². The maximum Gasteiger partial charge on any atom is 0.0589 e. The van der Waals surface area contributed by atoms with Gasteiger partial charge in [0.25, 0.3) is 0 Å². The van der Waals surface area contributed by atoms with Gasteiger partial charge >= 0.3 is 0 Å². The van der Waals surface area contributed by atoms with E-state index in [0.717, 1.165) is 39.3 Å². The number of nitrogens with zero attached hydrogens (tertiary/aromatic N) is 2. The minimum atomic E-state index is 0.460. The monoisotopic (exact) mass is 292 g/mol. The van der Waals surface area contributed by atoms with Gasteiger partial charge < -0.3 is 9.47 Å². The third-order valence-corrected chi connectivity index (χ3v) is 4.09. The summed E-state index contributed by atoms with van der Waals surface area (Å²) >= 11 is 0. The molecule has 1 saturated heterocycles. The first kappa shape index (κ1) is 16.4. The van der Waals surface area contributed by atoms with E-state index in [0.29, 0.717) is 11.8 Å². The lowest BCUT2D eigenvalue weighted by atomic mass is 9.95. The Bertz CT molecular complexity index is 442. The molecule has 0 unspecified atom stereocenters. The Morgan fingerprint density at radius 3 is 2.86 bits per heavy atom. The molecule has 1 aliphatic rings. The predicted octanol–water partition coefficient (Wildman–Crippen LogP) is 2.79. The zero-order chi connectivity index (χ0) is 15.2. The molecule has 1 fully saturated rings. The van der Waals surface area contributed by atoms with E-state index >= 15 is 0 Å². The van der Waals surface area contributed by atoms with Gasteiger partial charge in [-0.3, -0.25) is 9.88 Å².